The Hall–Kier alpha value is -1.87. The van der Waals surface area contributed by atoms with Gasteiger partial charge in [0, 0.05) is 12.7 Å². The van der Waals surface area contributed by atoms with Gasteiger partial charge in [-0.3, -0.25) is 4.98 Å². The summed E-state index contributed by atoms with van der Waals surface area (Å²) in [6, 6.07) is 11.9. The molecule has 0 saturated carbocycles. The molecular weight excluding hydrogens is 236 g/mol. The van der Waals surface area contributed by atoms with E-state index in [2.05, 4.69) is 36.3 Å². The second-order valence-corrected chi connectivity index (χ2v) is 4.96. The van der Waals surface area contributed by atoms with Crippen LogP contribution in [-0.4, -0.2) is 11.5 Å². The first-order chi connectivity index (χ1) is 9.24. The molecule has 0 fully saturated rings. The quantitative estimate of drug-likeness (QED) is 0.857. The summed E-state index contributed by atoms with van der Waals surface area (Å²) >= 11 is 0. The van der Waals surface area contributed by atoms with Crippen molar-refractivity contribution in [1.82, 2.24) is 10.3 Å². The fraction of sp³-hybridized carbons (Fsp3) is 0.312. The van der Waals surface area contributed by atoms with E-state index in [0.29, 0.717) is 5.92 Å². The number of benzene rings is 1. The normalized spacial score (nSPS) is 10.7. The largest absolute Gasteiger partial charge is 0.456 e. The first kappa shape index (κ1) is 13.6. The van der Waals surface area contributed by atoms with E-state index in [1.807, 2.05) is 24.3 Å². The van der Waals surface area contributed by atoms with Crippen molar-refractivity contribution in [3.8, 4) is 11.5 Å². The summed E-state index contributed by atoms with van der Waals surface area (Å²) in [5.74, 6) is 2.27. The summed E-state index contributed by atoms with van der Waals surface area (Å²) in [4.78, 5) is 4.02. The van der Waals surface area contributed by atoms with Gasteiger partial charge < -0.3 is 10.1 Å². The highest BCUT2D eigenvalue weighted by Crippen LogP contribution is 2.20. The van der Waals surface area contributed by atoms with Gasteiger partial charge in [0.2, 0.25) is 0 Å². The molecule has 100 valence electrons. The third-order valence-electron chi connectivity index (χ3n) is 2.68. The van der Waals surface area contributed by atoms with Gasteiger partial charge in [-0.15, -0.1) is 0 Å². The molecule has 0 aliphatic rings. The van der Waals surface area contributed by atoms with Gasteiger partial charge in [-0.1, -0.05) is 26.0 Å². The van der Waals surface area contributed by atoms with Crippen LogP contribution < -0.4 is 10.1 Å². The average Bonchev–Trinajstić information content (AvgIpc) is 2.42. The van der Waals surface area contributed by atoms with Gasteiger partial charge in [-0.2, -0.15) is 0 Å². The van der Waals surface area contributed by atoms with Crippen LogP contribution in [0.1, 0.15) is 19.4 Å². The molecule has 1 aromatic heterocycles. The second-order valence-electron chi connectivity index (χ2n) is 4.96. The van der Waals surface area contributed by atoms with Gasteiger partial charge in [-0.25, -0.2) is 0 Å². The zero-order valence-corrected chi connectivity index (χ0v) is 11.5. The summed E-state index contributed by atoms with van der Waals surface area (Å²) in [5, 5.41) is 3.42. The smallest absolute Gasteiger partial charge is 0.145 e. The lowest BCUT2D eigenvalue weighted by molar-refractivity contribution is 0.480. The maximum Gasteiger partial charge on any atom is 0.145 e. The Balaban J connectivity index is 1.88. The molecule has 1 N–H and O–H groups in total. The van der Waals surface area contributed by atoms with Gasteiger partial charge in [0.15, 0.2) is 0 Å². The summed E-state index contributed by atoms with van der Waals surface area (Å²) in [6.45, 7) is 6.34. The molecule has 0 bridgehead atoms. The lowest BCUT2D eigenvalue weighted by Crippen LogP contribution is -2.18. The van der Waals surface area contributed by atoms with E-state index < -0.39 is 0 Å². The Labute approximate surface area is 114 Å². The van der Waals surface area contributed by atoms with E-state index in [0.717, 1.165) is 24.6 Å². The van der Waals surface area contributed by atoms with Crippen molar-refractivity contribution in [2.24, 2.45) is 5.92 Å². The first-order valence-corrected chi connectivity index (χ1v) is 6.61. The minimum absolute atomic E-state index is 0.674. The molecule has 3 heteroatoms. The van der Waals surface area contributed by atoms with Crippen molar-refractivity contribution < 1.29 is 4.74 Å². The second kappa shape index (κ2) is 6.90. The predicted octanol–water partition coefficient (Wildman–Crippen LogP) is 3.62. The lowest BCUT2D eigenvalue weighted by Gasteiger charge is -2.09. The maximum absolute atomic E-state index is 5.69. The Morgan fingerprint density at radius 1 is 1.11 bits per heavy atom. The SMILES string of the molecule is CC(C)CNCc1ccc(Oc2cccnc2)cc1. The van der Waals surface area contributed by atoms with E-state index >= 15 is 0 Å². The zero-order chi connectivity index (χ0) is 13.5. The van der Waals surface area contributed by atoms with E-state index in [9.17, 15) is 0 Å². The number of nitrogens with one attached hydrogen (secondary N) is 1. The number of aromatic nitrogens is 1. The molecule has 0 amide bonds. The summed E-state index contributed by atoms with van der Waals surface area (Å²) in [7, 11) is 0. The molecule has 19 heavy (non-hydrogen) atoms. The number of ether oxygens (including phenoxy) is 1. The van der Waals surface area contributed by atoms with E-state index in [4.69, 9.17) is 4.74 Å². The monoisotopic (exact) mass is 256 g/mol. The van der Waals surface area contributed by atoms with E-state index in [1.165, 1.54) is 5.56 Å². The molecular formula is C16H20N2O. The third-order valence-corrected chi connectivity index (χ3v) is 2.68. The fourth-order valence-corrected chi connectivity index (χ4v) is 1.72. The fourth-order valence-electron chi connectivity index (χ4n) is 1.72. The molecule has 1 aromatic carbocycles. The van der Waals surface area contributed by atoms with Gasteiger partial charge >= 0.3 is 0 Å². The van der Waals surface area contributed by atoms with Crippen LogP contribution in [0.25, 0.3) is 0 Å². The van der Waals surface area contributed by atoms with Gasteiger partial charge in [0.05, 0.1) is 6.20 Å². The van der Waals surface area contributed by atoms with Crippen molar-refractivity contribution >= 4 is 0 Å². The summed E-state index contributed by atoms with van der Waals surface area (Å²) in [6.07, 6.45) is 3.44. The van der Waals surface area contributed by atoms with Gasteiger partial charge in [-0.05, 0) is 42.3 Å². The minimum atomic E-state index is 0.674. The highest BCUT2D eigenvalue weighted by atomic mass is 16.5. The van der Waals surface area contributed by atoms with Gasteiger partial charge in [0.1, 0.15) is 11.5 Å². The molecule has 3 nitrogen and oxygen atoms in total. The maximum atomic E-state index is 5.69. The molecule has 2 rings (SSSR count). The van der Waals surface area contributed by atoms with Crippen molar-refractivity contribution in [1.29, 1.82) is 0 Å². The number of rotatable bonds is 6. The highest BCUT2D eigenvalue weighted by molar-refractivity contribution is 5.31. The molecule has 0 saturated heterocycles. The van der Waals surface area contributed by atoms with Crippen LogP contribution in [0.15, 0.2) is 48.8 Å². The van der Waals surface area contributed by atoms with Crippen molar-refractivity contribution in [3.63, 3.8) is 0 Å². The van der Waals surface area contributed by atoms with Crippen LogP contribution in [-0.2, 0) is 6.54 Å². The van der Waals surface area contributed by atoms with Crippen molar-refractivity contribution in [2.45, 2.75) is 20.4 Å². The standard InChI is InChI=1S/C16H20N2O/c1-13(2)10-18-11-14-5-7-15(8-6-14)19-16-4-3-9-17-12-16/h3-9,12-13,18H,10-11H2,1-2H3. The van der Waals surface area contributed by atoms with Crippen LogP contribution in [0.5, 0.6) is 11.5 Å². The van der Waals surface area contributed by atoms with Crippen LogP contribution in [0.4, 0.5) is 0 Å². The molecule has 0 atom stereocenters. The lowest BCUT2D eigenvalue weighted by atomic mass is 10.2. The molecule has 0 aliphatic heterocycles. The zero-order valence-electron chi connectivity index (χ0n) is 11.5. The third kappa shape index (κ3) is 4.72. The molecule has 0 spiro atoms. The van der Waals surface area contributed by atoms with Crippen LogP contribution in [0.2, 0.25) is 0 Å². The Morgan fingerprint density at radius 2 is 1.89 bits per heavy atom. The van der Waals surface area contributed by atoms with Crippen LogP contribution >= 0.6 is 0 Å². The van der Waals surface area contributed by atoms with Crippen molar-refractivity contribution in [3.05, 3.63) is 54.4 Å². The van der Waals surface area contributed by atoms with Crippen LogP contribution in [0.3, 0.4) is 0 Å². The first-order valence-electron chi connectivity index (χ1n) is 6.61. The summed E-state index contributed by atoms with van der Waals surface area (Å²) in [5.41, 5.74) is 1.26. The number of pyridine rings is 1. The molecule has 0 aliphatic carbocycles. The van der Waals surface area contributed by atoms with Crippen LogP contribution in [0, 0.1) is 5.92 Å². The number of nitrogens with zero attached hydrogens (tertiary/aromatic N) is 1. The Morgan fingerprint density at radius 3 is 2.53 bits per heavy atom. The Bertz CT molecular complexity index is 480. The van der Waals surface area contributed by atoms with E-state index in [1.54, 1.807) is 12.4 Å². The number of hydrogen-bond donors (Lipinski definition) is 1. The topological polar surface area (TPSA) is 34.1 Å². The number of hydrogen-bond acceptors (Lipinski definition) is 3. The Kier molecular flexibility index (Phi) is 4.93. The average molecular weight is 256 g/mol. The molecule has 2 aromatic rings. The highest BCUT2D eigenvalue weighted by Gasteiger charge is 1.98. The summed E-state index contributed by atoms with van der Waals surface area (Å²) < 4.78 is 5.69. The molecule has 1 heterocycles. The van der Waals surface area contributed by atoms with Gasteiger partial charge in [0.25, 0.3) is 0 Å². The molecule has 0 unspecified atom stereocenters. The minimum Gasteiger partial charge on any atom is -0.456 e. The molecule has 0 radical (unpaired) electrons. The van der Waals surface area contributed by atoms with Crippen molar-refractivity contribution in [2.75, 3.05) is 6.54 Å². The van der Waals surface area contributed by atoms with E-state index in [-0.39, 0.29) is 0 Å². The predicted molar refractivity (Wildman–Crippen MR) is 77.3 cm³/mol.